The van der Waals surface area contributed by atoms with Crippen LogP contribution < -0.4 is 5.32 Å². The molecule has 0 aromatic carbocycles. The molecule has 21 heavy (non-hydrogen) atoms. The molecule has 0 bridgehead atoms. The average molecular weight is 300 g/mol. The Labute approximate surface area is 127 Å². The molecule has 108 valence electrons. The van der Waals surface area contributed by atoms with Crippen LogP contribution in [0.5, 0.6) is 0 Å². The van der Waals surface area contributed by atoms with Crippen molar-refractivity contribution in [3.05, 3.63) is 51.5 Å². The van der Waals surface area contributed by atoms with E-state index in [4.69, 9.17) is 5.11 Å². The summed E-state index contributed by atoms with van der Waals surface area (Å²) in [4.78, 5) is 17.7. The van der Waals surface area contributed by atoms with Gasteiger partial charge in [-0.15, -0.1) is 11.3 Å². The van der Waals surface area contributed by atoms with Crippen LogP contribution in [0.3, 0.4) is 0 Å². The van der Waals surface area contributed by atoms with E-state index in [0.717, 1.165) is 16.1 Å². The first-order valence-corrected chi connectivity index (χ1v) is 7.40. The molecule has 0 unspecified atom stereocenters. The van der Waals surface area contributed by atoms with Crippen LogP contribution in [-0.2, 0) is 6.54 Å². The van der Waals surface area contributed by atoms with E-state index in [9.17, 15) is 4.79 Å². The van der Waals surface area contributed by atoms with Gasteiger partial charge in [0.15, 0.2) is 0 Å². The first-order chi connectivity index (χ1) is 10.2. The maximum absolute atomic E-state index is 12.0. The molecule has 0 aliphatic carbocycles. The molecule has 1 amide bonds. The lowest BCUT2D eigenvalue weighted by atomic mass is 10.2. The quantitative estimate of drug-likeness (QED) is 0.850. The lowest BCUT2D eigenvalue weighted by Crippen LogP contribution is -2.21. The number of aryl methyl sites for hydroxylation is 1. The molecule has 5 heteroatoms. The predicted molar refractivity (Wildman–Crippen MR) is 83.0 cm³/mol. The molecule has 0 fully saturated rings. The van der Waals surface area contributed by atoms with Gasteiger partial charge in [0.2, 0.25) is 0 Å². The van der Waals surface area contributed by atoms with Gasteiger partial charge in [0.05, 0.1) is 16.4 Å². The molecule has 0 aliphatic rings. The van der Waals surface area contributed by atoms with E-state index in [1.54, 1.807) is 12.3 Å². The highest BCUT2D eigenvalue weighted by Gasteiger charge is 2.08. The van der Waals surface area contributed by atoms with Crippen molar-refractivity contribution in [3.8, 4) is 11.8 Å². The number of thiophene rings is 1. The molecule has 0 aliphatic heterocycles. The lowest BCUT2D eigenvalue weighted by molar-refractivity contribution is 0.0955. The molecule has 0 saturated heterocycles. The molecule has 0 spiro atoms. The first kappa shape index (κ1) is 15.2. The zero-order valence-corrected chi connectivity index (χ0v) is 12.5. The summed E-state index contributed by atoms with van der Waals surface area (Å²) in [5, 5.41) is 11.5. The number of aliphatic hydroxyl groups excluding tert-OH is 1. The van der Waals surface area contributed by atoms with Crippen LogP contribution in [0, 0.1) is 18.8 Å². The number of nitrogens with zero attached hydrogens (tertiary/aromatic N) is 1. The summed E-state index contributed by atoms with van der Waals surface area (Å²) >= 11 is 1.35. The van der Waals surface area contributed by atoms with Crippen molar-refractivity contribution >= 4 is 17.2 Å². The van der Waals surface area contributed by atoms with E-state index in [1.807, 2.05) is 25.1 Å². The topological polar surface area (TPSA) is 62.2 Å². The lowest BCUT2D eigenvalue weighted by Gasteiger charge is -2.03. The number of carbonyl (C=O) groups is 1. The second kappa shape index (κ2) is 7.58. The van der Waals surface area contributed by atoms with Gasteiger partial charge < -0.3 is 10.4 Å². The van der Waals surface area contributed by atoms with Crippen LogP contribution in [0.2, 0.25) is 0 Å². The molecule has 2 N–H and O–H groups in total. The molecule has 2 heterocycles. The summed E-state index contributed by atoms with van der Waals surface area (Å²) in [7, 11) is 0. The molecule has 4 nitrogen and oxygen atoms in total. The second-order valence-corrected chi connectivity index (χ2v) is 5.51. The Bertz CT molecular complexity index is 666. The fourth-order valence-corrected chi connectivity index (χ4v) is 2.40. The Morgan fingerprint density at radius 3 is 2.95 bits per heavy atom. The number of amides is 1. The predicted octanol–water partition coefficient (Wildman–Crippen LogP) is 2.12. The number of nitrogens with one attached hydrogen (secondary N) is 1. The fourth-order valence-electron chi connectivity index (χ4n) is 1.61. The summed E-state index contributed by atoms with van der Waals surface area (Å²) in [5.41, 5.74) is 1.92. The second-order valence-electron chi connectivity index (χ2n) is 4.43. The Balaban J connectivity index is 1.92. The van der Waals surface area contributed by atoms with Crippen molar-refractivity contribution in [3.63, 3.8) is 0 Å². The third-order valence-electron chi connectivity index (χ3n) is 2.70. The Kier molecular flexibility index (Phi) is 5.50. The smallest absolute Gasteiger partial charge is 0.261 e. The highest BCUT2D eigenvalue weighted by atomic mass is 32.1. The number of rotatable bonds is 4. The average Bonchev–Trinajstić information content (AvgIpc) is 2.96. The minimum absolute atomic E-state index is 0.0519. The summed E-state index contributed by atoms with van der Waals surface area (Å²) in [6, 6.07) is 7.44. The van der Waals surface area contributed by atoms with Crippen LogP contribution in [0.4, 0.5) is 0 Å². The van der Waals surface area contributed by atoms with Crippen molar-refractivity contribution < 1.29 is 9.90 Å². The number of aromatic nitrogens is 1. The van der Waals surface area contributed by atoms with E-state index < -0.39 is 0 Å². The summed E-state index contributed by atoms with van der Waals surface area (Å²) in [5.74, 6) is 5.64. The number of pyridine rings is 1. The summed E-state index contributed by atoms with van der Waals surface area (Å²) in [6.07, 6.45) is 2.20. The molecular formula is C16H16N2O2S. The van der Waals surface area contributed by atoms with Gasteiger partial charge in [0, 0.05) is 24.9 Å². The van der Waals surface area contributed by atoms with E-state index >= 15 is 0 Å². The normalized spacial score (nSPS) is 9.81. The van der Waals surface area contributed by atoms with E-state index in [1.165, 1.54) is 11.3 Å². The molecule has 2 aromatic heterocycles. The van der Waals surface area contributed by atoms with Crippen LogP contribution in [0.15, 0.2) is 30.5 Å². The number of hydrogen-bond donors (Lipinski definition) is 2. The van der Waals surface area contributed by atoms with Crippen molar-refractivity contribution in [2.24, 2.45) is 0 Å². The van der Waals surface area contributed by atoms with Crippen molar-refractivity contribution in [2.45, 2.75) is 19.9 Å². The fraction of sp³-hybridized carbons (Fsp3) is 0.250. The SMILES string of the molecule is Cc1ccc(CNC(=O)c2ccc(C#CCCO)s2)cn1. The van der Waals surface area contributed by atoms with Crippen LogP contribution in [0.25, 0.3) is 0 Å². The Morgan fingerprint density at radius 1 is 1.38 bits per heavy atom. The summed E-state index contributed by atoms with van der Waals surface area (Å²) < 4.78 is 0. The highest BCUT2D eigenvalue weighted by Crippen LogP contribution is 2.15. The minimum Gasteiger partial charge on any atom is -0.395 e. The molecule has 2 rings (SSSR count). The molecule has 2 aromatic rings. The number of hydrogen-bond acceptors (Lipinski definition) is 4. The van der Waals surface area contributed by atoms with Gasteiger partial charge in [0.1, 0.15) is 0 Å². The van der Waals surface area contributed by atoms with Crippen molar-refractivity contribution in [1.29, 1.82) is 0 Å². The highest BCUT2D eigenvalue weighted by molar-refractivity contribution is 7.14. The number of aliphatic hydroxyl groups is 1. The van der Waals surface area contributed by atoms with Gasteiger partial charge in [-0.05, 0) is 30.7 Å². The zero-order valence-electron chi connectivity index (χ0n) is 11.7. The molecule has 0 radical (unpaired) electrons. The monoisotopic (exact) mass is 300 g/mol. The van der Waals surface area contributed by atoms with Crippen LogP contribution in [-0.4, -0.2) is 22.6 Å². The van der Waals surface area contributed by atoms with Gasteiger partial charge >= 0.3 is 0 Å². The van der Waals surface area contributed by atoms with Gasteiger partial charge in [-0.2, -0.15) is 0 Å². The largest absolute Gasteiger partial charge is 0.395 e. The van der Waals surface area contributed by atoms with E-state index in [2.05, 4.69) is 22.1 Å². The standard InChI is InChI=1S/C16H16N2O2S/c1-12-5-6-13(10-17-12)11-18-16(20)15-8-7-14(21-15)4-2-3-9-19/h5-8,10,19H,3,9,11H2,1H3,(H,18,20). The van der Waals surface area contributed by atoms with Crippen LogP contribution >= 0.6 is 11.3 Å². The molecular weight excluding hydrogens is 284 g/mol. The first-order valence-electron chi connectivity index (χ1n) is 6.58. The van der Waals surface area contributed by atoms with E-state index in [-0.39, 0.29) is 12.5 Å². The van der Waals surface area contributed by atoms with Gasteiger partial charge in [-0.25, -0.2) is 0 Å². The minimum atomic E-state index is -0.115. The third kappa shape index (κ3) is 4.71. The van der Waals surface area contributed by atoms with Crippen molar-refractivity contribution in [2.75, 3.05) is 6.61 Å². The molecule has 0 saturated carbocycles. The Hall–Kier alpha value is -2.16. The van der Waals surface area contributed by atoms with Gasteiger partial charge in [0.25, 0.3) is 5.91 Å². The molecule has 0 atom stereocenters. The van der Waals surface area contributed by atoms with Gasteiger partial charge in [-0.3, -0.25) is 9.78 Å². The maximum Gasteiger partial charge on any atom is 0.261 e. The van der Waals surface area contributed by atoms with E-state index in [0.29, 0.717) is 17.8 Å². The third-order valence-corrected chi connectivity index (χ3v) is 3.70. The summed E-state index contributed by atoms with van der Waals surface area (Å²) in [6.45, 7) is 2.43. The van der Waals surface area contributed by atoms with Crippen molar-refractivity contribution in [1.82, 2.24) is 10.3 Å². The van der Waals surface area contributed by atoms with Crippen LogP contribution in [0.1, 0.15) is 32.2 Å². The zero-order chi connectivity index (χ0) is 15.1. The Morgan fingerprint density at radius 2 is 2.24 bits per heavy atom. The van der Waals surface area contributed by atoms with Gasteiger partial charge in [-0.1, -0.05) is 17.9 Å². The maximum atomic E-state index is 12.0. The number of carbonyl (C=O) groups excluding carboxylic acids is 1.